The number of ether oxygens (including phenoxy) is 1. The second-order valence-corrected chi connectivity index (χ2v) is 3.19. The van der Waals surface area contributed by atoms with E-state index in [0.717, 1.165) is 11.1 Å². The van der Waals surface area contributed by atoms with Gasteiger partial charge in [-0.05, 0) is 38.0 Å². The Balaban J connectivity index is 3.49. The van der Waals surface area contributed by atoms with Crippen LogP contribution in [0.2, 0.25) is 0 Å². The summed E-state index contributed by atoms with van der Waals surface area (Å²) < 4.78 is 4.85. The molecule has 0 saturated heterocycles. The SMILES string of the molecule is Cc1cc(N=C=O)c(C)c(OC#N)c1C. The smallest absolute Gasteiger partial charge is 0.292 e. The van der Waals surface area contributed by atoms with Crippen molar-refractivity contribution in [2.45, 2.75) is 20.8 Å². The first-order valence-corrected chi connectivity index (χ1v) is 4.36. The zero-order valence-corrected chi connectivity index (χ0v) is 8.79. The van der Waals surface area contributed by atoms with Crippen molar-refractivity contribution >= 4 is 11.8 Å². The Morgan fingerprint density at radius 2 is 2.00 bits per heavy atom. The predicted octanol–water partition coefficient (Wildman–Crippen LogP) is 2.44. The minimum atomic E-state index is 0.464. The van der Waals surface area contributed by atoms with Crippen LogP contribution in [-0.2, 0) is 4.79 Å². The van der Waals surface area contributed by atoms with Crippen LogP contribution in [0.3, 0.4) is 0 Å². The summed E-state index contributed by atoms with van der Waals surface area (Å²) in [5, 5.41) is 8.50. The second-order valence-electron chi connectivity index (χ2n) is 3.19. The van der Waals surface area contributed by atoms with Gasteiger partial charge in [-0.15, -0.1) is 5.26 Å². The van der Waals surface area contributed by atoms with Crippen molar-refractivity contribution in [1.82, 2.24) is 0 Å². The number of hydrogen-bond donors (Lipinski definition) is 0. The molecule has 0 unspecified atom stereocenters. The summed E-state index contributed by atoms with van der Waals surface area (Å²) in [5.41, 5.74) is 2.94. The number of nitrogens with zero attached hydrogens (tertiary/aromatic N) is 2. The molecule has 76 valence electrons. The Kier molecular flexibility index (Phi) is 3.22. The maximum absolute atomic E-state index is 10.2. The Hall–Kier alpha value is -2.11. The molecule has 0 aliphatic heterocycles. The Bertz CT molecular complexity index is 480. The van der Waals surface area contributed by atoms with Gasteiger partial charge in [0.1, 0.15) is 0 Å². The summed E-state index contributed by atoms with van der Waals surface area (Å²) in [6.45, 7) is 5.46. The molecule has 0 aromatic heterocycles. The first-order chi connectivity index (χ1) is 7.11. The maximum Gasteiger partial charge on any atom is 0.292 e. The van der Waals surface area contributed by atoms with Crippen LogP contribution in [0.4, 0.5) is 5.69 Å². The molecule has 4 heteroatoms. The lowest BCUT2D eigenvalue weighted by atomic mass is 10.0. The van der Waals surface area contributed by atoms with Crippen LogP contribution < -0.4 is 4.74 Å². The molecule has 0 aliphatic rings. The lowest BCUT2D eigenvalue weighted by molar-refractivity contribution is 0.498. The highest BCUT2D eigenvalue weighted by molar-refractivity contribution is 5.62. The van der Waals surface area contributed by atoms with Crippen molar-refractivity contribution in [3.05, 3.63) is 22.8 Å². The minimum absolute atomic E-state index is 0.464. The third-order valence-corrected chi connectivity index (χ3v) is 2.32. The molecular weight excluding hydrogens is 192 g/mol. The van der Waals surface area contributed by atoms with Gasteiger partial charge in [-0.2, -0.15) is 4.99 Å². The molecule has 0 heterocycles. The van der Waals surface area contributed by atoms with Crippen molar-refractivity contribution in [1.29, 1.82) is 5.26 Å². The number of nitriles is 1. The summed E-state index contributed by atoms with van der Waals surface area (Å²) in [6, 6.07) is 1.76. The zero-order valence-electron chi connectivity index (χ0n) is 8.79. The van der Waals surface area contributed by atoms with Gasteiger partial charge in [-0.3, -0.25) is 0 Å². The van der Waals surface area contributed by atoms with E-state index in [2.05, 4.69) is 4.99 Å². The Labute approximate surface area is 87.8 Å². The number of hydrogen-bond acceptors (Lipinski definition) is 4. The van der Waals surface area contributed by atoms with Crippen molar-refractivity contribution in [2.24, 2.45) is 4.99 Å². The van der Waals surface area contributed by atoms with E-state index in [-0.39, 0.29) is 0 Å². The van der Waals surface area contributed by atoms with Crippen LogP contribution in [0.5, 0.6) is 5.75 Å². The van der Waals surface area contributed by atoms with Crippen LogP contribution in [0.25, 0.3) is 0 Å². The van der Waals surface area contributed by atoms with E-state index in [9.17, 15) is 4.79 Å². The molecule has 0 radical (unpaired) electrons. The van der Waals surface area contributed by atoms with E-state index in [1.165, 1.54) is 6.08 Å². The molecule has 0 bridgehead atoms. The van der Waals surface area contributed by atoms with Gasteiger partial charge in [-0.25, -0.2) is 4.79 Å². The van der Waals surface area contributed by atoms with Gasteiger partial charge in [0.25, 0.3) is 6.26 Å². The van der Waals surface area contributed by atoms with Crippen LogP contribution >= 0.6 is 0 Å². The first-order valence-electron chi connectivity index (χ1n) is 4.36. The van der Waals surface area contributed by atoms with Gasteiger partial charge in [-0.1, -0.05) is 0 Å². The van der Waals surface area contributed by atoms with Crippen molar-refractivity contribution in [2.75, 3.05) is 0 Å². The lowest BCUT2D eigenvalue weighted by Crippen LogP contribution is -1.93. The Morgan fingerprint density at radius 3 is 2.53 bits per heavy atom. The van der Waals surface area contributed by atoms with Crippen molar-refractivity contribution in [3.63, 3.8) is 0 Å². The summed E-state index contributed by atoms with van der Waals surface area (Å²) in [5.74, 6) is 0.464. The molecule has 0 amide bonds. The first kappa shape index (κ1) is 11.0. The number of aliphatic imine (C=N–C) groups is 1. The minimum Gasteiger partial charge on any atom is -0.387 e. The topological polar surface area (TPSA) is 62.4 Å². The third kappa shape index (κ3) is 2.04. The normalized spacial score (nSPS) is 8.93. The molecule has 0 fully saturated rings. The molecule has 0 atom stereocenters. The van der Waals surface area contributed by atoms with E-state index in [0.29, 0.717) is 17.0 Å². The molecule has 4 nitrogen and oxygen atoms in total. The standard InChI is InChI=1S/C11H10N2O2/c1-7-4-10(13-6-14)9(3)11(8(7)2)15-5-12/h4H,1-3H3. The summed E-state index contributed by atoms with van der Waals surface area (Å²) in [6.07, 6.45) is 3.10. The average molecular weight is 202 g/mol. The van der Waals surface area contributed by atoms with E-state index in [1.54, 1.807) is 19.2 Å². The largest absolute Gasteiger partial charge is 0.387 e. The molecule has 15 heavy (non-hydrogen) atoms. The molecule has 1 rings (SSSR count). The fourth-order valence-corrected chi connectivity index (χ4v) is 1.36. The Morgan fingerprint density at radius 1 is 1.33 bits per heavy atom. The summed E-state index contributed by atoms with van der Waals surface area (Å²) >= 11 is 0. The van der Waals surface area contributed by atoms with Crippen LogP contribution in [0, 0.1) is 32.3 Å². The van der Waals surface area contributed by atoms with Crippen molar-refractivity contribution in [3.8, 4) is 12.0 Å². The summed E-state index contributed by atoms with van der Waals surface area (Å²) in [4.78, 5) is 13.8. The van der Waals surface area contributed by atoms with Gasteiger partial charge in [0.05, 0.1) is 5.69 Å². The predicted molar refractivity (Wildman–Crippen MR) is 54.7 cm³/mol. The van der Waals surface area contributed by atoms with Gasteiger partial charge in [0.15, 0.2) is 5.75 Å². The summed E-state index contributed by atoms with van der Waals surface area (Å²) in [7, 11) is 0. The van der Waals surface area contributed by atoms with E-state index >= 15 is 0 Å². The van der Waals surface area contributed by atoms with Crippen LogP contribution in [0.1, 0.15) is 16.7 Å². The number of aryl methyl sites for hydroxylation is 1. The highest BCUT2D eigenvalue weighted by atomic mass is 16.5. The highest BCUT2D eigenvalue weighted by Gasteiger charge is 2.11. The maximum atomic E-state index is 10.2. The zero-order chi connectivity index (χ0) is 11.4. The van der Waals surface area contributed by atoms with Gasteiger partial charge in [0.2, 0.25) is 6.08 Å². The number of carbonyl (C=O) groups excluding carboxylic acids is 1. The van der Waals surface area contributed by atoms with Gasteiger partial charge >= 0.3 is 0 Å². The molecular formula is C11H10N2O2. The number of rotatable bonds is 2. The molecule has 0 aliphatic carbocycles. The third-order valence-electron chi connectivity index (χ3n) is 2.32. The quantitative estimate of drug-likeness (QED) is 0.420. The monoisotopic (exact) mass is 202 g/mol. The van der Waals surface area contributed by atoms with Crippen LogP contribution in [0.15, 0.2) is 11.1 Å². The fourth-order valence-electron chi connectivity index (χ4n) is 1.36. The van der Waals surface area contributed by atoms with Crippen molar-refractivity contribution < 1.29 is 9.53 Å². The van der Waals surface area contributed by atoms with E-state index in [4.69, 9.17) is 10.00 Å². The van der Waals surface area contributed by atoms with Gasteiger partial charge < -0.3 is 4.74 Å². The van der Waals surface area contributed by atoms with Crippen LogP contribution in [-0.4, -0.2) is 6.08 Å². The second kappa shape index (κ2) is 4.41. The molecule has 0 saturated carbocycles. The van der Waals surface area contributed by atoms with E-state index in [1.807, 2.05) is 13.8 Å². The van der Waals surface area contributed by atoms with Gasteiger partial charge in [0, 0.05) is 5.56 Å². The lowest BCUT2D eigenvalue weighted by Gasteiger charge is -2.10. The van der Waals surface area contributed by atoms with E-state index < -0.39 is 0 Å². The number of benzene rings is 1. The molecule has 1 aromatic rings. The average Bonchev–Trinajstić information content (AvgIpc) is 2.21. The molecule has 1 aromatic carbocycles. The highest BCUT2D eigenvalue weighted by Crippen LogP contribution is 2.33. The number of isocyanates is 1. The fraction of sp³-hybridized carbons (Fsp3) is 0.273. The molecule has 0 spiro atoms. The molecule has 0 N–H and O–H groups in total.